The van der Waals surface area contributed by atoms with Crippen LogP contribution in [0.5, 0.6) is 11.5 Å². The van der Waals surface area contributed by atoms with Crippen molar-refractivity contribution >= 4 is 11.8 Å². The van der Waals surface area contributed by atoms with Crippen LogP contribution in [0.2, 0.25) is 0 Å². The summed E-state index contributed by atoms with van der Waals surface area (Å²) >= 11 is 1.47. The number of hydrogen-bond donors (Lipinski definition) is 0. The van der Waals surface area contributed by atoms with E-state index in [1.165, 1.54) is 11.8 Å². The third-order valence-corrected chi connectivity index (χ3v) is 5.72. The Bertz CT molecular complexity index is 939. The molecular weight excluding hydrogens is 376 g/mol. The molecule has 0 radical (unpaired) electrons. The third kappa shape index (κ3) is 4.18. The van der Waals surface area contributed by atoms with Gasteiger partial charge in [0.2, 0.25) is 0 Å². The first-order valence-electron chi connectivity index (χ1n) is 9.31. The highest BCUT2D eigenvalue weighted by molar-refractivity contribution is 7.99. The first kappa shape index (κ1) is 18.9. The minimum Gasteiger partial charge on any atom is -0.497 e. The summed E-state index contributed by atoms with van der Waals surface area (Å²) in [5, 5.41) is 9.60. The van der Waals surface area contributed by atoms with Gasteiger partial charge in [0, 0.05) is 25.7 Å². The molecule has 28 heavy (non-hydrogen) atoms. The van der Waals surface area contributed by atoms with Gasteiger partial charge >= 0.3 is 0 Å². The van der Waals surface area contributed by atoms with E-state index in [0.29, 0.717) is 0 Å². The van der Waals surface area contributed by atoms with Crippen LogP contribution in [0.4, 0.5) is 0 Å². The summed E-state index contributed by atoms with van der Waals surface area (Å²) in [4.78, 5) is 2.36. The lowest BCUT2D eigenvalue weighted by molar-refractivity contribution is 0.133. The maximum Gasteiger partial charge on any atom is 0.198 e. The van der Waals surface area contributed by atoms with Gasteiger partial charge in [0.05, 0.1) is 13.7 Å². The second-order valence-electron chi connectivity index (χ2n) is 6.84. The fourth-order valence-electron chi connectivity index (χ4n) is 3.24. The maximum atomic E-state index is 6.21. The normalized spacial score (nSPS) is 17.0. The third-order valence-electron chi connectivity index (χ3n) is 4.75. The van der Waals surface area contributed by atoms with Crippen molar-refractivity contribution in [3.8, 4) is 11.5 Å². The van der Waals surface area contributed by atoms with Gasteiger partial charge in [0.15, 0.2) is 10.2 Å². The average molecular weight is 401 g/mol. The van der Waals surface area contributed by atoms with Crippen LogP contribution in [0.15, 0.2) is 51.3 Å². The molecule has 2 aromatic heterocycles. The van der Waals surface area contributed by atoms with Crippen molar-refractivity contribution in [2.75, 3.05) is 13.7 Å². The molecule has 0 fully saturated rings. The van der Waals surface area contributed by atoms with E-state index in [9.17, 15) is 0 Å². The fourth-order valence-corrected chi connectivity index (χ4v) is 3.98. The van der Waals surface area contributed by atoms with Gasteiger partial charge in [-0.05, 0) is 48.5 Å². The number of ether oxygens (including phenoxy) is 2. The van der Waals surface area contributed by atoms with Crippen molar-refractivity contribution in [3.63, 3.8) is 0 Å². The highest BCUT2D eigenvalue weighted by Crippen LogP contribution is 2.31. The lowest BCUT2D eigenvalue weighted by Gasteiger charge is -2.22. The Kier molecular flexibility index (Phi) is 5.59. The molecule has 7 nitrogen and oxygen atoms in total. The highest BCUT2D eigenvalue weighted by atomic mass is 32.2. The van der Waals surface area contributed by atoms with Crippen molar-refractivity contribution in [3.05, 3.63) is 48.0 Å². The number of fused-ring (bicyclic) bond motifs is 1. The smallest absolute Gasteiger partial charge is 0.198 e. The molecular formula is C20H24N4O3S. The van der Waals surface area contributed by atoms with Crippen LogP contribution in [-0.2, 0) is 20.1 Å². The average Bonchev–Trinajstić information content (AvgIpc) is 3.26. The molecule has 0 N–H and O–H groups in total. The molecule has 1 aromatic carbocycles. The number of aryl methyl sites for hydroxylation is 1. The zero-order valence-electron chi connectivity index (χ0n) is 16.3. The van der Waals surface area contributed by atoms with Crippen molar-refractivity contribution in [2.24, 2.45) is 7.05 Å². The van der Waals surface area contributed by atoms with E-state index in [0.717, 1.165) is 59.1 Å². The molecule has 1 atom stereocenters. The van der Waals surface area contributed by atoms with E-state index >= 15 is 0 Å². The molecule has 0 spiro atoms. The molecule has 3 aromatic rings. The summed E-state index contributed by atoms with van der Waals surface area (Å²) in [6.45, 7) is 4.51. The maximum absolute atomic E-state index is 6.21. The van der Waals surface area contributed by atoms with Crippen LogP contribution >= 0.6 is 11.8 Å². The number of rotatable bonds is 6. The Balaban J connectivity index is 1.49. The van der Waals surface area contributed by atoms with Gasteiger partial charge in [-0.2, -0.15) is 0 Å². The van der Waals surface area contributed by atoms with Crippen molar-refractivity contribution in [2.45, 2.75) is 42.8 Å². The molecule has 1 aliphatic rings. The van der Waals surface area contributed by atoms with Gasteiger partial charge in [-0.15, -0.1) is 10.2 Å². The molecule has 0 bridgehead atoms. The second-order valence-corrected chi connectivity index (χ2v) is 7.81. The van der Waals surface area contributed by atoms with Gasteiger partial charge in [-0.3, -0.25) is 4.90 Å². The molecule has 3 heterocycles. The predicted octanol–water partition coefficient (Wildman–Crippen LogP) is 3.74. The zero-order valence-corrected chi connectivity index (χ0v) is 17.1. The quantitative estimate of drug-likeness (QED) is 0.624. The summed E-state index contributed by atoms with van der Waals surface area (Å²) in [5.41, 5.74) is 1.13. The van der Waals surface area contributed by atoms with Gasteiger partial charge in [0.25, 0.3) is 0 Å². The topological polar surface area (TPSA) is 65.6 Å². The van der Waals surface area contributed by atoms with E-state index in [-0.39, 0.29) is 6.10 Å². The van der Waals surface area contributed by atoms with Crippen molar-refractivity contribution in [1.29, 1.82) is 0 Å². The van der Waals surface area contributed by atoms with Crippen molar-refractivity contribution in [1.82, 2.24) is 19.7 Å². The number of nitrogens with zero attached hydrogens (tertiary/aromatic N) is 4. The Labute approximate surface area is 168 Å². The molecule has 4 rings (SSSR count). The second kappa shape index (κ2) is 8.28. The first-order chi connectivity index (χ1) is 13.6. The van der Waals surface area contributed by atoms with E-state index in [1.807, 2.05) is 35.9 Å². The lowest BCUT2D eigenvalue weighted by atomic mass is 10.1. The number of furan rings is 1. The first-order valence-corrected chi connectivity index (χ1v) is 10.1. The summed E-state index contributed by atoms with van der Waals surface area (Å²) in [5.74, 6) is 2.71. The molecule has 0 amide bonds. The highest BCUT2D eigenvalue weighted by Gasteiger charge is 2.23. The predicted molar refractivity (Wildman–Crippen MR) is 106 cm³/mol. The number of aromatic nitrogens is 3. The van der Waals surface area contributed by atoms with Crippen LogP contribution in [0.3, 0.4) is 0 Å². The number of methoxy groups -OCH3 is 1. The summed E-state index contributed by atoms with van der Waals surface area (Å²) in [7, 11) is 3.60. The fraction of sp³-hybridized carbons (Fsp3) is 0.400. The van der Waals surface area contributed by atoms with Crippen LogP contribution in [0.1, 0.15) is 24.7 Å². The van der Waals surface area contributed by atoms with Gasteiger partial charge in [0.1, 0.15) is 29.7 Å². The minimum absolute atomic E-state index is 0.150. The molecule has 148 valence electrons. The van der Waals surface area contributed by atoms with Gasteiger partial charge < -0.3 is 18.5 Å². The molecule has 1 aliphatic heterocycles. The molecule has 0 aliphatic carbocycles. The van der Waals surface area contributed by atoms with Gasteiger partial charge in [-0.1, -0.05) is 6.92 Å². The van der Waals surface area contributed by atoms with E-state index in [4.69, 9.17) is 13.9 Å². The van der Waals surface area contributed by atoms with Crippen LogP contribution in [0.25, 0.3) is 0 Å². The van der Waals surface area contributed by atoms with E-state index in [1.54, 1.807) is 13.4 Å². The van der Waals surface area contributed by atoms with Crippen molar-refractivity contribution < 1.29 is 13.9 Å². The summed E-state index contributed by atoms with van der Waals surface area (Å²) in [6.07, 6.45) is 2.78. The number of hydrogen-bond acceptors (Lipinski definition) is 7. The molecule has 8 heteroatoms. The van der Waals surface area contributed by atoms with Crippen LogP contribution in [-0.4, -0.2) is 39.4 Å². The molecule has 0 saturated carbocycles. The monoisotopic (exact) mass is 400 g/mol. The largest absolute Gasteiger partial charge is 0.497 e. The Morgan fingerprint density at radius 3 is 2.93 bits per heavy atom. The van der Waals surface area contributed by atoms with E-state index < -0.39 is 0 Å². The minimum atomic E-state index is 0.150. The van der Waals surface area contributed by atoms with Crippen LogP contribution < -0.4 is 9.47 Å². The Morgan fingerprint density at radius 1 is 1.29 bits per heavy atom. The lowest BCUT2D eigenvalue weighted by Crippen LogP contribution is -2.31. The standard InChI is InChI=1S/C20H24N4O3S/c1-4-15-11-24(10-14-9-16(25-3)5-7-18(14)26-15)12-17-6-8-19(27-17)28-20-22-21-13-23(20)2/h5-9,13,15H,4,10-12H2,1-3H3/t15-/m0/s1. The summed E-state index contributed by atoms with van der Waals surface area (Å²) in [6, 6.07) is 10.0. The number of benzene rings is 1. The van der Waals surface area contributed by atoms with E-state index in [2.05, 4.69) is 28.1 Å². The SMILES string of the molecule is CC[C@H]1CN(Cc2ccc(Sc3nncn3C)o2)Cc2cc(OC)ccc2O1. The summed E-state index contributed by atoms with van der Waals surface area (Å²) < 4.78 is 19.5. The molecule has 0 saturated heterocycles. The van der Waals surface area contributed by atoms with Gasteiger partial charge in [-0.25, -0.2) is 0 Å². The van der Waals surface area contributed by atoms with Crippen LogP contribution in [0, 0.1) is 0 Å². The Hall–Kier alpha value is -2.45. The molecule has 0 unspecified atom stereocenters. The zero-order chi connectivity index (χ0) is 19.5. The Morgan fingerprint density at radius 2 is 2.18 bits per heavy atom.